The van der Waals surface area contributed by atoms with E-state index in [-0.39, 0.29) is 5.75 Å². The molecule has 1 rings (SSSR count). The first-order valence-electron chi connectivity index (χ1n) is 5.40. The zero-order valence-corrected chi connectivity index (χ0v) is 10.3. The van der Waals surface area contributed by atoms with Gasteiger partial charge in [0.05, 0.1) is 7.11 Å². The molecule has 0 fully saturated rings. The molecule has 0 aliphatic heterocycles. The highest BCUT2D eigenvalue weighted by Crippen LogP contribution is 2.38. The van der Waals surface area contributed by atoms with E-state index in [9.17, 15) is 5.11 Å². The van der Waals surface area contributed by atoms with Crippen LogP contribution in [0.1, 0.15) is 35.6 Å². The van der Waals surface area contributed by atoms with Crippen LogP contribution in [0.3, 0.4) is 0 Å². The number of rotatable bonds is 3. The van der Waals surface area contributed by atoms with Crippen molar-refractivity contribution in [3.05, 3.63) is 22.3 Å². The highest BCUT2D eigenvalue weighted by molar-refractivity contribution is 5.58. The maximum atomic E-state index is 9.93. The molecule has 0 spiro atoms. The molecule has 0 atom stereocenters. The lowest BCUT2D eigenvalue weighted by atomic mass is 9.93. The van der Waals surface area contributed by atoms with Crippen LogP contribution in [0.2, 0.25) is 0 Å². The number of hydrogen-bond donors (Lipinski definition) is 1. The standard InChI is InChI=1S/C13H20O2/c1-6-7-11-8(2)9(3)12(14)13(15-5)10(11)4/h14H,6-7H2,1-5H3. The summed E-state index contributed by atoms with van der Waals surface area (Å²) in [7, 11) is 1.60. The van der Waals surface area contributed by atoms with Crippen LogP contribution in [-0.4, -0.2) is 12.2 Å². The van der Waals surface area contributed by atoms with Crippen molar-refractivity contribution >= 4 is 0 Å². The molecule has 0 aliphatic rings. The summed E-state index contributed by atoms with van der Waals surface area (Å²) in [5, 5.41) is 9.93. The maximum absolute atomic E-state index is 9.93. The largest absolute Gasteiger partial charge is 0.504 e. The second-order valence-corrected chi connectivity index (χ2v) is 3.99. The lowest BCUT2D eigenvalue weighted by Crippen LogP contribution is -2.00. The Bertz CT molecular complexity index is 368. The van der Waals surface area contributed by atoms with Gasteiger partial charge >= 0.3 is 0 Å². The fourth-order valence-corrected chi connectivity index (χ4v) is 2.04. The molecule has 84 valence electrons. The van der Waals surface area contributed by atoms with Crippen molar-refractivity contribution in [2.45, 2.75) is 40.5 Å². The van der Waals surface area contributed by atoms with Crippen LogP contribution < -0.4 is 4.74 Å². The van der Waals surface area contributed by atoms with Gasteiger partial charge in [-0.05, 0) is 49.4 Å². The van der Waals surface area contributed by atoms with Crippen molar-refractivity contribution in [1.29, 1.82) is 0 Å². The van der Waals surface area contributed by atoms with E-state index in [1.54, 1.807) is 7.11 Å². The molecule has 1 aromatic rings. The van der Waals surface area contributed by atoms with Crippen molar-refractivity contribution in [2.75, 3.05) is 7.11 Å². The van der Waals surface area contributed by atoms with E-state index in [2.05, 4.69) is 13.8 Å². The molecule has 0 bridgehead atoms. The molecule has 1 N–H and O–H groups in total. The predicted molar refractivity (Wildman–Crippen MR) is 62.9 cm³/mol. The third kappa shape index (κ3) is 1.94. The van der Waals surface area contributed by atoms with E-state index >= 15 is 0 Å². The van der Waals surface area contributed by atoms with Crippen LogP contribution in [0.25, 0.3) is 0 Å². The molecule has 0 unspecified atom stereocenters. The van der Waals surface area contributed by atoms with Crippen LogP contribution in [0.15, 0.2) is 0 Å². The summed E-state index contributed by atoms with van der Waals surface area (Å²) in [4.78, 5) is 0. The summed E-state index contributed by atoms with van der Waals surface area (Å²) in [5.74, 6) is 0.911. The highest BCUT2D eigenvalue weighted by atomic mass is 16.5. The van der Waals surface area contributed by atoms with Gasteiger partial charge in [0.2, 0.25) is 0 Å². The van der Waals surface area contributed by atoms with Gasteiger partial charge in [-0.25, -0.2) is 0 Å². The predicted octanol–water partition coefficient (Wildman–Crippen LogP) is 3.28. The van der Waals surface area contributed by atoms with Gasteiger partial charge in [-0.1, -0.05) is 13.3 Å². The number of phenolic OH excluding ortho intramolecular Hbond substituents is 1. The van der Waals surface area contributed by atoms with Crippen LogP contribution in [-0.2, 0) is 6.42 Å². The Morgan fingerprint density at radius 1 is 1.07 bits per heavy atom. The van der Waals surface area contributed by atoms with Gasteiger partial charge in [-0.3, -0.25) is 0 Å². The van der Waals surface area contributed by atoms with E-state index in [1.165, 1.54) is 11.1 Å². The zero-order chi connectivity index (χ0) is 11.6. The fourth-order valence-electron chi connectivity index (χ4n) is 2.04. The van der Waals surface area contributed by atoms with Gasteiger partial charge in [-0.15, -0.1) is 0 Å². The minimum atomic E-state index is 0.285. The summed E-state index contributed by atoms with van der Waals surface area (Å²) in [6.07, 6.45) is 2.14. The topological polar surface area (TPSA) is 29.5 Å². The molecule has 0 aliphatic carbocycles. The average Bonchev–Trinajstić information content (AvgIpc) is 2.22. The van der Waals surface area contributed by atoms with E-state index < -0.39 is 0 Å². The smallest absolute Gasteiger partial charge is 0.163 e. The van der Waals surface area contributed by atoms with Gasteiger partial charge < -0.3 is 9.84 Å². The van der Waals surface area contributed by atoms with E-state index in [4.69, 9.17) is 4.74 Å². The van der Waals surface area contributed by atoms with Gasteiger partial charge in [0, 0.05) is 0 Å². The Morgan fingerprint density at radius 2 is 1.67 bits per heavy atom. The monoisotopic (exact) mass is 208 g/mol. The summed E-state index contributed by atoms with van der Waals surface area (Å²) >= 11 is 0. The molecule has 15 heavy (non-hydrogen) atoms. The Hall–Kier alpha value is -1.18. The number of ether oxygens (including phenoxy) is 1. The quantitative estimate of drug-likeness (QED) is 0.826. The number of hydrogen-bond acceptors (Lipinski definition) is 2. The highest BCUT2D eigenvalue weighted by Gasteiger charge is 2.16. The minimum Gasteiger partial charge on any atom is -0.504 e. The van der Waals surface area contributed by atoms with Crippen LogP contribution >= 0.6 is 0 Å². The summed E-state index contributed by atoms with van der Waals surface area (Å²) in [6.45, 7) is 8.17. The molecule has 0 heterocycles. The maximum Gasteiger partial charge on any atom is 0.163 e. The Labute approximate surface area is 91.9 Å². The third-order valence-corrected chi connectivity index (χ3v) is 3.08. The fraction of sp³-hybridized carbons (Fsp3) is 0.538. The second kappa shape index (κ2) is 4.56. The Balaban J connectivity index is 3.45. The minimum absolute atomic E-state index is 0.285. The lowest BCUT2D eigenvalue weighted by Gasteiger charge is -2.17. The first-order chi connectivity index (χ1) is 7.04. The molecule has 0 saturated carbocycles. The number of phenols is 1. The summed E-state index contributed by atoms with van der Waals surface area (Å²) in [5.41, 5.74) is 4.50. The first-order valence-corrected chi connectivity index (χ1v) is 5.40. The van der Waals surface area contributed by atoms with Crippen LogP contribution in [0.5, 0.6) is 11.5 Å². The molecule has 0 amide bonds. The average molecular weight is 208 g/mol. The van der Waals surface area contributed by atoms with Crippen LogP contribution in [0, 0.1) is 20.8 Å². The van der Waals surface area contributed by atoms with E-state index in [1.807, 2.05) is 13.8 Å². The Kier molecular flexibility index (Phi) is 3.61. The van der Waals surface area contributed by atoms with Gasteiger partial charge in [-0.2, -0.15) is 0 Å². The number of aromatic hydroxyl groups is 1. The molecular formula is C13H20O2. The van der Waals surface area contributed by atoms with Crippen molar-refractivity contribution < 1.29 is 9.84 Å². The SMILES string of the molecule is CCCc1c(C)c(C)c(O)c(OC)c1C. The van der Waals surface area contributed by atoms with Crippen molar-refractivity contribution in [3.8, 4) is 11.5 Å². The molecule has 1 aromatic carbocycles. The second-order valence-electron chi connectivity index (χ2n) is 3.99. The van der Waals surface area contributed by atoms with Crippen molar-refractivity contribution in [1.82, 2.24) is 0 Å². The molecular weight excluding hydrogens is 188 g/mol. The van der Waals surface area contributed by atoms with E-state index in [0.29, 0.717) is 5.75 Å². The zero-order valence-electron chi connectivity index (χ0n) is 10.3. The van der Waals surface area contributed by atoms with Crippen molar-refractivity contribution in [2.24, 2.45) is 0 Å². The summed E-state index contributed by atoms with van der Waals surface area (Å²) in [6, 6.07) is 0. The first kappa shape index (κ1) is 11.9. The lowest BCUT2D eigenvalue weighted by molar-refractivity contribution is 0.368. The van der Waals surface area contributed by atoms with Gasteiger partial charge in [0.15, 0.2) is 11.5 Å². The number of benzene rings is 1. The molecule has 0 aromatic heterocycles. The molecule has 0 saturated heterocycles. The Morgan fingerprint density at radius 3 is 2.13 bits per heavy atom. The molecule has 0 radical (unpaired) electrons. The van der Waals surface area contributed by atoms with E-state index in [0.717, 1.165) is 24.0 Å². The summed E-state index contributed by atoms with van der Waals surface area (Å²) < 4.78 is 5.25. The molecule has 2 heteroatoms. The molecule has 2 nitrogen and oxygen atoms in total. The normalized spacial score (nSPS) is 10.5. The third-order valence-electron chi connectivity index (χ3n) is 3.08. The number of methoxy groups -OCH3 is 1. The van der Waals surface area contributed by atoms with Gasteiger partial charge in [0.25, 0.3) is 0 Å². The van der Waals surface area contributed by atoms with Crippen LogP contribution in [0.4, 0.5) is 0 Å². The van der Waals surface area contributed by atoms with Crippen molar-refractivity contribution in [3.63, 3.8) is 0 Å². The van der Waals surface area contributed by atoms with Gasteiger partial charge in [0.1, 0.15) is 0 Å².